The number of carbonyl (C=O) groups excluding carboxylic acids is 1. The Morgan fingerprint density at radius 2 is 2.12 bits per heavy atom. The number of thiophene rings is 1. The molecule has 2 aromatic heterocycles. The minimum atomic E-state index is -0.223. The summed E-state index contributed by atoms with van der Waals surface area (Å²) >= 11 is 1.70. The molecule has 0 bridgehead atoms. The zero-order valence-electron chi connectivity index (χ0n) is 14.0. The monoisotopic (exact) mass is 357 g/mol. The van der Waals surface area contributed by atoms with Gasteiger partial charge in [-0.1, -0.05) is 12.1 Å². The van der Waals surface area contributed by atoms with Gasteiger partial charge < -0.3 is 15.2 Å². The topological polar surface area (TPSA) is 48.1 Å². The fourth-order valence-electron chi connectivity index (χ4n) is 3.39. The van der Waals surface area contributed by atoms with Crippen molar-refractivity contribution in [2.75, 3.05) is 19.6 Å². The first-order chi connectivity index (χ1) is 12.1. The molecule has 1 aromatic carbocycles. The van der Waals surface area contributed by atoms with Gasteiger partial charge in [0.05, 0.1) is 10.2 Å². The van der Waals surface area contributed by atoms with Crippen LogP contribution < -0.4 is 5.32 Å². The molecule has 4 nitrogen and oxygen atoms in total. The highest BCUT2D eigenvalue weighted by atomic mass is 32.1. The van der Waals surface area contributed by atoms with E-state index in [0.717, 1.165) is 28.7 Å². The smallest absolute Gasteiger partial charge is 0.270 e. The van der Waals surface area contributed by atoms with Crippen LogP contribution in [0.3, 0.4) is 0 Å². The number of nitrogens with one attached hydrogen (secondary N) is 2. The maximum absolute atomic E-state index is 13.0. The molecule has 25 heavy (non-hydrogen) atoms. The highest BCUT2D eigenvalue weighted by molar-refractivity contribution is 7.19. The van der Waals surface area contributed by atoms with Crippen LogP contribution in [0.1, 0.15) is 20.9 Å². The fraction of sp³-hybridized carbons (Fsp3) is 0.316. The molecule has 3 heterocycles. The summed E-state index contributed by atoms with van der Waals surface area (Å²) in [5, 5.41) is 3.45. The second-order valence-electron chi connectivity index (χ2n) is 6.55. The average molecular weight is 357 g/mol. The van der Waals surface area contributed by atoms with Crippen molar-refractivity contribution in [3.05, 3.63) is 58.3 Å². The number of aromatic amines is 1. The molecule has 0 spiro atoms. The number of nitrogens with zero attached hydrogens (tertiary/aromatic N) is 1. The van der Waals surface area contributed by atoms with Gasteiger partial charge in [-0.05, 0) is 43.2 Å². The van der Waals surface area contributed by atoms with Gasteiger partial charge in [-0.2, -0.15) is 0 Å². The van der Waals surface area contributed by atoms with E-state index in [0.29, 0.717) is 18.8 Å². The van der Waals surface area contributed by atoms with E-state index < -0.39 is 0 Å². The van der Waals surface area contributed by atoms with Gasteiger partial charge in [0.25, 0.3) is 5.91 Å². The van der Waals surface area contributed by atoms with E-state index in [9.17, 15) is 9.18 Å². The van der Waals surface area contributed by atoms with Gasteiger partial charge in [-0.3, -0.25) is 4.79 Å². The number of piperazine rings is 1. The van der Waals surface area contributed by atoms with Crippen molar-refractivity contribution in [1.29, 1.82) is 0 Å². The highest BCUT2D eigenvalue weighted by Crippen LogP contribution is 2.26. The van der Waals surface area contributed by atoms with Crippen LogP contribution in [0.15, 0.2) is 36.4 Å². The van der Waals surface area contributed by atoms with Crippen molar-refractivity contribution in [1.82, 2.24) is 15.2 Å². The molecule has 0 saturated carbocycles. The number of fused-ring (bicyclic) bond motifs is 1. The summed E-state index contributed by atoms with van der Waals surface area (Å²) in [5.41, 5.74) is 2.76. The predicted molar refractivity (Wildman–Crippen MR) is 98.7 cm³/mol. The number of halogens is 1. The van der Waals surface area contributed by atoms with Gasteiger partial charge in [0.2, 0.25) is 0 Å². The third-order valence-electron chi connectivity index (χ3n) is 4.60. The Morgan fingerprint density at radius 3 is 2.88 bits per heavy atom. The van der Waals surface area contributed by atoms with Crippen LogP contribution in [0, 0.1) is 12.7 Å². The average Bonchev–Trinajstić information content (AvgIpc) is 3.14. The van der Waals surface area contributed by atoms with Crippen molar-refractivity contribution in [2.45, 2.75) is 19.4 Å². The minimum Gasteiger partial charge on any atom is -0.350 e. The predicted octanol–water partition coefficient (Wildman–Crippen LogP) is 3.33. The highest BCUT2D eigenvalue weighted by Gasteiger charge is 2.25. The molecule has 1 fully saturated rings. The summed E-state index contributed by atoms with van der Waals surface area (Å²) in [4.78, 5) is 19.2. The second kappa shape index (κ2) is 6.61. The number of aromatic nitrogens is 1. The number of amides is 1. The second-order valence-corrected chi connectivity index (χ2v) is 7.84. The standard InChI is InChI=1S/C19H20FN3OS/c1-12-8-16-18(25-12)10-17(22-16)19(24)23-7-6-21-15(11-23)9-13-2-4-14(20)5-3-13/h2-5,8,10,15,21-22H,6-7,9,11H2,1H3. The van der Waals surface area contributed by atoms with Crippen LogP contribution in [0.2, 0.25) is 0 Å². The largest absolute Gasteiger partial charge is 0.350 e. The zero-order chi connectivity index (χ0) is 17.4. The Balaban J connectivity index is 1.45. The molecule has 1 aliphatic heterocycles. The molecule has 1 aliphatic rings. The summed E-state index contributed by atoms with van der Waals surface area (Å²) in [6, 6.07) is 10.8. The van der Waals surface area contributed by atoms with Crippen molar-refractivity contribution in [3.63, 3.8) is 0 Å². The summed E-state index contributed by atoms with van der Waals surface area (Å²) in [6.45, 7) is 4.19. The van der Waals surface area contributed by atoms with Gasteiger partial charge in [0, 0.05) is 30.6 Å². The molecule has 1 unspecified atom stereocenters. The van der Waals surface area contributed by atoms with Gasteiger partial charge >= 0.3 is 0 Å². The lowest BCUT2D eigenvalue weighted by atomic mass is 10.0. The number of hydrogen-bond acceptors (Lipinski definition) is 3. The molecule has 130 valence electrons. The Morgan fingerprint density at radius 1 is 1.32 bits per heavy atom. The Labute approximate surface area is 149 Å². The number of rotatable bonds is 3. The Bertz CT molecular complexity index is 868. The molecule has 2 N–H and O–H groups in total. The van der Waals surface area contributed by atoms with E-state index in [1.54, 1.807) is 23.5 Å². The summed E-state index contributed by atoms with van der Waals surface area (Å²) in [7, 11) is 0. The number of benzene rings is 1. The zero-order valence-corrected chi connectivity index (χ0v) is 14.8. The van der Waals surface area contributed by atoms with E-state index in [2.05, 4.69) is 23.3 Å². The van der Waals surface area contributed by atoms with Crippen molar-refractivity contribution < 1.29 is 9.18 Å². The SMILES string of the molecule is Cc1cc2[nH]c(C(=O)N3CCNC(Cc4ccc(F)cc4)C3)cc2s1. The molecule has 1 amide bonds. The number of carbonyl (C=O) groups is 1. The molecular weight excluding hydrogens is 337 g/mol. The number of H-pyrrole nitrogens is 1. The lowest BCUT2D eigenvalue weighted by Crippen LogP contribution is -2.53. The van der Waals surface area contributed by atoms with E-state index in [-0.39, 0.29) is 17.8 Å². The molecule has 0 aliphatic carbocycles. The van der Waals surface area contributed by atoms with Crippen LogP contribution in [0.5, 0.6) is 0 Å². The number of aryl methyl sites for hydroxylation is 1. The van der Waals surface area contributed by atoms with Gasteiger partial charge in [0.15, 0.2) is 0 Å². The van der Waals surface area contributed by atoms with Gasteiger partial charge in [-0.25, -0.2) is 4.39 Å². The Kier molecular flexibility index (Phi) is 4.31. The van der Waals surface area contributed by atoms with Gasteiger partial charge in [-0.15, -0.1) is 11.3 Å². The third kappa shape index (κ3) is 3.45. The molecule has 1 saturated heterocycles. The molecule has 0 radical (unpaired) electrons. The van der Waals surface area contributed by atoms with Crippen molar-refractivity contribution in [2.24, 2.45) is 0 Å². The van der Waals surface area contributed by atoms with E-state index in [1.807, 2.05) is 11.0 Å². The van der Waals surface area contributed by atoms with Gasteiger partial charge in [0.1, 0.15) is 11.5 Å². The van der Waals surface area contributed by atoms with Crippen molar-refractivity contribution >= 4 is 27.5 Å². The first-order valence-electron chi connectivity index (χ1n) is 8.45. The molecule has 4 rings (SSSR count). The molecule has 1 atom stereocenters. The summed E-state index contributed by atoms with van der Waals surface area (Å²) < 4.78 is 14.2. The fourth-order valence-corrected chi connectivity index (χ4v) is 4.31. The first kappa shape index (κ1) is 16.3. The lowest BCUT2D eigenvalue weighted by molar-refractivity contribution is 0.0698. The third-order valence-corrected chi connectivity index (χ3v) is 5.59. The van der Waals surface area contributed by atoms with Crippen LogP contribution in [0.25, 0.3) is 10.2 Å². The maximum Gasteiger partial charge on any atom is 0.270 e. The van der Waals surface area contributed by atoms with E-state index >= 15 is 0 Å². The Hall–Kier alpha value is -2.18. The molecular formula is C19H20FN3OS. The van der Waals surface area contributed by atoms with Crippen LogP contribution in [0.4, 0.5) is 4.39 Å². The van der Waals surface area contributed by atoms with E-state index in [1.165, 1.54) is 17.0 Å². The summed E-state index contributed by atoms with van der Waals surface area (Å²) in [6.07, 6.45) is 0.781. The maximum atomic E-state index is 13.0. The lowest BCUT2D eigenvalue weighted by Gasteiger charge is -2.33. The van der Waals surface area contributed by atoms with Crippen LogP contribution >= 0.6 is 11.3 Å². The quantitative estimate of drug-likeness (QED) is 0.755. The van der Waals surface area contributed by atoms with Crippen molar-refractivity contribution in [3.8, 4) is 0 Å². The molecule has 3 aromatic rings. The molecule has 6 heteroatoms. The van der Waals surface area contributed by atoms with Crippen LogP contribution in [-0.4, -0.2) is 41.5 Å². The summed E-state index contributed by atoms with van der Waals surface area (Å²) in [5.74, 6) is -0.175. The minimum absolute atomic E-state index is 0.0478. The van der Waals surface area contributed by atoms with E-state index in [4.69, 9.17) is 0 Å². The van der Waals surface area contributed by atoms with Crippen LogP contribution in [-0.2, 0) is 6.42 Å². The number of hydrogen-bond donors (Lipinski definition) is 2. The normalized spacial score (nSPS) is 18.0. The first-order valence-corrected chi connectivity index (χ1v) is 9.26.